The van der Waals surface area contributed by atoms with Gasteiger partial charge in [-0.1, -0.05) is 12.2 Å². The van der Waals surface area contributed by atoms with Gasteiger partial charge in [-0.3, -0.25) is 0 Å². The van der Waals surface area contributed by atoms with E-state index in [2.05, 4.69) is 9.97 Å². The fourth-order valence-corrected chi connectivity index (χ4v) is 2.05. The van der Waals surface area contributed by atoms with Gasteiger partial charge in [-0.2, -0.15) is 0 Å². The van der Waals surface area contributed by atoms with E-state index in [0.29, 0.717) is 23.1 Å². The maximum atomic E-state index is 10.2. The van der Waals surface area contributed by atoms with Gasteiger partial charge in [-0.15, -0.1) is 0 Å². The summed E-state index contributed by atoms with van der Waals surface area (Å²) in [7, 11) is 0. The molecule has 1 heterocycles. The molecule has 0 saturated carbocycles. The minimum Gasteiger partial charge on any atom is -0.507 e. The maximum Gasteiger partial charge on any atom is 0.126 e. The average Bonchev–Trinajstić information content (AvgIpc) is 2.91. The van der Waals surface area contributed by atoms with Crippen LogP contribution in [0.2, 0.25) is 0 Å². The van der Waals surface area contributed by atoms with Gasteiger partial charge in [0.2, 0.25) is 0 Å². The molecule has 2 rings (SSSR count). The first-order valence-corrected chi connectivity index (χ1v) is 6.18. The van der Waals surface area contributed by atoms with Crippen molar-refractivity contribution in [1.29, 1.82) is 0 Å². The number of nitrogens with one attached hydrogen (secondary N) is 1. The average molecular weight is 258 g/mol. The highest BCUT2D eigenvalue weighted by atomic mass is 16.3. The van der Waals surface area contributed by atoms with Crippen LogP contribution in [-0.4, -0.2) is 20.2 Å². The second-order valence-electron chi connectivity index (χ2n) is 4.63. The van der Waals surface area contributed by atoms with Crippen molar-refractivity contribution in [2.24, 2.45) is 0 Å². The van der Waals surface area contributed by atoms with E-state index in [9.17, 15) is 10.2 Å². The molecule has 0 unspecified atom stereocenters. The molecule has 0 bridgehead atoms. The molecule has 0 aliphatic heterocycles. The molecule has 0 aliphatic carbocycles. The Balaban J connectivity index is 2.32. The third kappa shape index (κ3) is 2.47. The molecule has 4 heteroatoms. The first-order valence-electron chi connectivity index (χ1n) is 6.18. The van der Waals surface area contributed by atoms with Crippen molar-refractivity contribution in [3.05, 3.63) is 46.5 Å². The summed E-state index contributed by atoms with van der Waals surface area (Å²) in [5.41, 5.74) is 2.78. The lowest BCUT2D eigenvalue weighted by molar-refractivity contribution is 0.448. The summed E-state index contributed by atoms with van der Waals surface area (Å²) in [6, 6.07) is 0. The van der Waals surface area contributed by atoms with Crippen LogP contribution in [0.4, 0.5) is 0 Å². The first kappa shape index (κ1) is 13.2. The van der Waals surface area contributed by atoms with Crippen molar-refractivity contribution in [2.45, 2.75) is 27.2 Å². The fourth-order valence-electron chi connectivity index (χ4n) is 2.05. The number of phenols is 2. The minimum absolute atomic E-state index is 0.225. The van der Waals surface area contributed by atoms with Gasteiger partial charge in [0.15, 0.2) is 0 Å². The van der Waals surface area contributed by atoms with Crippen molar-refractivity contribution < 1.29 is 10.2 Å². The van der Waals surface area contributed by atoms with Gasteiger partial charge in [-0.05, 0) is 31.9 Å². The van der Waals surface area contributed by atoms with Gasteiger partial charge in [0, 0.05) is 29.9 Å². The number of rotatable bonds is 3. The van der Waals surface area contributed by atoms with E-state index in [-0.39, 0.29) is 11.5 Å². The number of nitrogens with zero attached hydrogens (tertiary/aromatic N) is 1. The molecule has 1 aromatic heterocycles. The van der Waals surface area contributed by atoms with E-state index in [1.54, 1.807) is 33.2 Å². The third-order valence-corrected chi connectivity index (χ3v) is 3.44. The number of aromatic amines is 1. The summed E-state index contributed by atoms with van der Waals surface area (Å²) >= 11 is 0. The largest absolute Gasteiger partial charge is 0.507 e. The van der Waals surface area contributed by atoms with Crippen LogP contribution in [0.5, 0.6) is 11.5 Å². The van der Waals surface area contributed by atoms with Gasteiger partial charge in [0.05, 0.1) is 0 Å². The Bertz CT molecular complexity index is 585. The molecular formula is C15H18N2O2. The van der Waals surface area contributed by atoms with Crippen molar-refractivity contribution in [1.82, 2.24) is 9.97 Å². The molecule has 0 radical (unpaired) electrons. The Morgan fingerprint density at radius 3 is 2.42 bits per heavy atom. The Kier molecular flexibility index (Phi) is 3.60. The maximum absolute atomic E-state index is 10.2. The standard InChI is InChI=1S/C15H18N2O2/c1-9-10(2)15(19)12(11(3)14(9)18)5-4-6-13-16-7-8-17-13/h4-5,7-8,18-19H,6H2,1-3H3,(H,16,17)/b5-4+. The molecule has 2 aromatic rings. The van der Waals surface area contributed by atoms with Gasteiger partial charge in [-0.25, -0.2) is 4.98 Å². The molecule has 4 nitrogen and oxygen atoms in total. The third-order valence-electron chi connectivity index (χ3n) is 3.44. The molecule has 1 aromatic carbocycles. The number of aromatic nitrogens is 2. The summed E-state index contributed by atoms with van der Waals surface area (Å²) in [4.78, 5) is 7.13. The Morgan fingerprint density at radius 1 is 1.11 bits per heavy atom. The molecule has 0 atom stereocenters. The smallest absolute Gasteiger partial charge is 0.126 e. The molecule has 0 amide bonds. The van der Waals surface area contributed by atoms with Crippen LogP contribution in [0.3, 0.4) is 0 Å². The number of allylic oxidation sites excluding steroid dienone is 1. The number of hydrogen-bond acceptors (Lipinski definition) is 3. The minimum atomic E-state index is 0.225. The molecule has 0 fully saturated rings. The number of hydrogen-bond donors (Lipinski definition) is 3. The highest BCUT2D eigenvalue weighted by Gasteiger charge is 2.14. The summed E-state index contributed by atoms with van der Waals surface area (Å²) in [5.74, 6) is 1.33. The molecule has 0 saturated heterocycles. The SMILES string of the molecule is Cc1c(C)c(O)c(/C=C/Cc2ncc[nH]2)c(C)c1O. The number of aromatic hydroxyl groups is 2. The molecule has 100 valence electrons. The fraction of sp³-hybridized carbons (Fsp3) is 0.267. The van der Waals surface area contributed by atoms with Gasteiger partial charge in [0.25, 0.3) is 0 Å². The molecule has 0 spiro atoms. The van der Waals surface area contributed by atoms with Crippen LogP contribution in [-0.2, 0) is 6.42 Å². The van der Waals surface area contributed by atoms with Crippen LogP contribution < -0.4 is 0 Å². The van der Waals surface area contributed by atoms with Crippen LogP contribution >= 0.6 is 0 Å². The predicted octanol–water partition coefficient (Wildman–Crippen LogP) is 3.00. The lowest BCUT2D eigenvalue weighted by Gasteiger charge is -2.13. The van der Waals surface area contributed by atoms with E-state index in [4.69, 9.17) is 0 Å². The predicted molar refractivity (Wildman–Crippen MR) is 75.3 cm³/mol. The lowest BCUT2D eigenvalue weighted by atomic mass is 9.97. The number of imidazole rings is 1. The van der Waals surface area contributed by atoms with Crippen molar-refractivity contribution in [3.63, 3.8) is 0 Å². The van der Waals surface area contributed by atoms with E-state index >= 15 is 0 Å². The quantitative estimate of drug-likeness (QED) is 0.741. The van der Waals surface area contributed by atoms with Crippen LogP contribution in [0.1, 0.15) is 28.1 Å². The zero-order valence-electron chi connectivity index (χ0n) is 11.4. The zero-order valence-corrected chi connectivity index (χ0v) is 11.4. The number of phenolic OH excluding ortho intramolecular Hbond substituents is 2. The Labute approximate surface area is 112 Å². The topological polar surface area (TPSA) is 69.1 Å². The van der Waals surface area contributed by atoms with Gasteiger partial charge in [0.1, 0.15) is 17.3 Å². The van der Waals surface area contributed by atoms with Crippen molar-refractivity contribution in [2.75, 3.05) is 0 Å². The molecule has 19 heavy (non-hydrogen) atoms. The zero-order chi connectivity index (χ0) is 14.0. The Hall–Kier alpha value is -2.23. The second kappa shape index (κ2) is 5.18. The van der Waals surface area contributed by atoms with Crippen molar-refractivity contribution >= 4 is 6.08 Å². The summed E-state index contributed by atoms with van der Waals surface area (Å²) in [5, 5.41) is 20.2. The van der Waals surface area contributed by atoms with Crippen LogP contribution in [0.15, 0.2) is 18.5 Å². The monoisotopic (exact) mass is 258 g/mol. The first-order chi connectivity index (χ1) is 9.02. The molecular weight excluding hydrogens is 240 g/mol. The Morgan fingerprint density at radius 2 is 1.79 bits per heavy atom. The van der Waals surface area contributed by atoms with E-state index in [1.807, 2.05) is 12.2 Å². The van der Waals surface area contributed by atoms with Gasteiger partial charge >= 0.3 is 0 Å². The summed E-state index contributed by atoms with van der Waals surface area (Å²) < 4.78 is 0. The summed E-state index contributed by atoms with van der Waals surface area (Å²) in [6.07, 6.45) is 7.86. The van der Waals surface area contributed by atoms with Gasteiger partial charge < -0.3 is 15.2 Å². The summed E-state index contributed by atoms with van der Waals surface area (Å²) in [6.45, 7) is 5.40. The number of benzene rings is 1. The highest BCUT2D eigenvalue weighted by Crippen LogP contribution is 2.36. The van der Waals surface area contributed by atoms with E-state index in [0.717, 1.165) is 11.4 Å². The lowest BCUT2D eigenvalue weighted by Crippen LogP contribution is -1.92. The van der Waals surface area contributed by atoms with Crippen LogP contribution in [0, 0.1) is 20.8 Å². The number of H-pyrrole nitrogens is 1. The molecule has 0 aliphatic rings. The van der Waals surface area contributed by atoms with E-state index in [1.165, 1.54) is 0 Å². The van der Waals surface area contributed by atoms with Crippen molar-refractivity contribution in [3.8, 4) is 11.5 Å². The van der Waals surface area contributed by atoms with E-state index < -0.39 is 0 Å². The molecule has 3 N–H and O–H groups in total. The normalized spacial score (nSPS) is 11.3. The van der Waals surface area contributed by atoms with Crippen LogP contribution in [0.25, 0.3) is 6.08 Å². The second-order valence-corrected chi connectivity index (χ2v) is 4.63. The highest BCUT2D eigenvalue weighted by molar-refractivity contribution is 5.68.